The van der Waals surface area contributed by atoms with Gasteiger partial charge in [-0.2, -0.15) is 4.31 Å². The number of carbonyl (C=O) groups excluding carboxylic acids is 1. The third kappa shape index (κ3) is 6.07. The minimum absolute atomic E-state index is 0.185. The number of sulfonamides is 1. The molecular formula is C26H29N3O5S. The van der Waals surface area contributed by atoms with Gasteiger partial charge in [-0.15, -0.1) is 0 Å². The second-order valence-electron chi connectivity index (χ2n) is 8.07. The van der Waals surface area contributed by atoms with Gasteiger partial charge in [0.25, 0.3) is 0 Å². The first-order chi connectivity index (χ1) is 17.0. The Morgan fingerprint density at radius 2 is 1.71 bits per heavy atom. The largest absolute Gasteiger partial charge is 0.497 e. The van der Waals surface area contributed by atoms with Crippen molar-refractivity contribution in [2.75, 3.05) is 38.7 Å². The van der Waals surface area contributed by atoms with Crippen LogP contribution in [0.4, 0.5) is 5.69 Å². The van der Waals surface area contributed by atoms with Gasteiger partial charge in [0, 0.05) is 31.4 Å². The van der Waals surface area contributed by atoms with Crippen molar-refractivity contribution in [2.24, 2.45) is 0 Å². The highest BCUT2D eigenvalue weighted by Gasteiger charge is 2.29. The van der Waals surface area contributed by atoms with Gasteiger partial charge in [-0.3, -0.25) is 10.1 Å². The summed E-state index contributed by atoms with van der Waals surface area (Å²) in [4.78, 5) is 13.5. The number of methoxy groups -OCH3 is 1. The Kier molecular flexibility index (Phi) is 8.14. The third-order valence-corrected chi connectivity index (χ3v) is 7.79. The van der Waals surface area contributed by atoms with Crippen molar-refractivity contribution in [3.8, 4) is 5.75 Å². The number of nitrogens with zero attached hydrogens (tertiary/aromatic N) is 1. The molecule has 0 aromatic heterocycles. The van der Waals surface area contributed by atoms with Crippen LogP contribution in [0.3, 0.4) is 0 Å². The molecule has 4 rings (SSSR count). The number of rotatable bonds is 9. The monoisotopic (exact) mass is 495 g/mol. The van der Waals surface area contributed by atoms with E-state index < -0.39 is 16.1 Å². The molecule has 1 amide bonds. The fourth-order valence-corrected chi connectivity index (χ4v) is 5.59. The van der Waals surface area contributed by atoms with E-state index in [1.807, 2.05) is 30.3 Å². The molecule has 0 saturated carbocycles. The Balaban J connectivity index is 1.57. The highest BCUT2D eigenvalue weighted by Crippen LogP contribution is 2.24. The summed E-state index contributed by atoms with van der Waals surface area (Å²) in [6.45, 7) is 1.57. The Morgan fingerprint density at radius 3 is 2.46 bits per heavy atom. The number of ether oxygens (including phenoxy) is 2. The third-order valence-electron chi connectivity index (χ3n) is 5.79. The van der Waals surface area contributed by atoms with Gasteiger partial charge < -0.3 is 14.8 Å². The van der Waals surface area contributed by atoms with Gasteiger partial charge in [0.15, 0.2) is 0 Å². The van der Waals surface area contributed by atoms with Crippen LogP contribution in [-0.2, 0) is 26.1 Å². The average Bonchev–Trinajstić information content (AvgIpc) is 2.90. The quantitative estimate of drug-likeness (QED) is 0.473. The molecule has 0 aliphatic carbocycles. The lowest BCUT2D eigenvalue weighted by Gasteiger charge is -2.27. The number of benzene rings is 3. The van der Waals surface area contributed by atoms with Gasteiger partial charge in [-0.1, -0.05) is 54.6 Å². The average molecular weight is 496 g/mol. The maximum absolute atomic E-state index is 13.3. The fraction of sp³-hybridized carbons (Fsp3) is 0.269. The topological polar surface area (TPSA) is 97.0 Å². The molecule has 1 atom stereocenters. The summed E-state index contributed by atoms with van der Waals surface area (Å²) in [5, 5.41) is 6.19. The van der Waals surface area contributed by atoms with E-state index in [0.717, 1.165) is 5.56 Å². The van der Waals surface area contributed by atoms with Crippen LogP contribution in [0.5, 0.6) is 5.75 Å². The molecule has 0 spiro atoms. The lowest BCUT2D eigenvalue weighted by molar-refractivity contribution is -0.118. The number of hydrogen-bond donors (Lipinski definition) is 2. The standard InChI is InChI=1S/C26H29N3O5S/c1-33-23-12-7-11-22(18-23)28-26(30)25(20-8-3-2-4-9-20)27-19-21-10-5-6-13-24(21)35(31,32)29-14-16-34-17-15-29/h2-13,18,25,27H,14-17,19H2,1H3,(H,28,30)/t25-/m0/s1. The SMILES string of the molecule is COc1cccc(NC(=O)[C@@H](NCc2ccccc2S(=O)(=O)N2CCOCC2)c2ccccc2)c1. The predicted octanol–water partition coefficient (Wildman–Crippen LogP) is 3.19. The van der Waals surface area contributed by atoms with E-state index >= 15 is 0 Å². The van der Waals surface area contributed by atoms with Crippen molar-refractivity contribution in [2.45, 2.75) is 17.5 Å². The summed E-state index contributed by atoms with van der Waals surface area (Å²) in [5.74, 6) is 0.368. The Morgan fingerprint density at radius 1 is 1.00 bits per heavy atom. The van der Waals surface area contributed by atoms with E-state index in [9.17, 15) is 13.2 Å². The highest BCUT2D eigenvalue weighted by molar-refractivity contribution is 7.89. The molecule has 1 aliphatic rings. The molecule has 9 heteroatoms. The smallest absolute Gasteiger partial charge is 0.246 e. The van der Waals surface area contributed by atoms with E-state index in [2.05, 4.69) is 10.6 Å². The van der Waals surface area contributed by atoms with Crippen LogP contribution in [0.1, 0.15) is 17.2 Å². The zero-order valence-electron chi connectivity index (χ0n) is 19.5. The van der Waals surface area contributed by atoms with Gasteiger partial charge in [-0.25, -0.2) is 8.42 Å². The van der Waals surface area contributed by atoms with E-state index in [0.29, 0.717) is 43.3 Å². The number of morpholine rings is 1. The van der Waals surface area contributed by atoms with Crippen LogP contribution in [0, 0.1) is 0 Å². The molecule has 8 nitrogen and oxygen atoms in total. The summed E-state index contributed by atoms with van der Waals surface area (Å²) >= 11 is 0. The second kappa shape index (κ2) is 11.5. The molecule has 0 unspecified atom stereocenters. The molecule has 1 heterocycles. The number of hydrogen-bond acceptors (Lipinski definition) is 6. The van der Waals surface area contributed by atoms with Crippen LogP contribution in [-0.4, -0.2) is 52.0 Å². The van der Waals surface area contributed by atoms with Crippen molar-refractivity contribution < 1.29 is 22.7 Å². The minimum atomic E-state index is -3.68. The van der Waals surface area contributed by atoms with Crippen LogP contribution >= 0.6 is 0 Å². The lowest BCUT2D eigenvalue weighted by atomic mass is 10.1. The fourth-order valence-electron chi connectivity index (χ4n) is 3.96. The molecule has 0 radical (unpaired) electrons. The molecule has 2 N–H and O–H groups in total. The van der Waals surface area contributed by atoms with Crippen molar-refractivity contribution in [3.63, 3.8) is 0 Å². The predicted molar refractivity (Wildman–Crippen MR) is 134 cm³/mol. The van der Waals surface area contributed by atoms with Gasteiger partial charge in [-0.05, 0) is 29.3 Å². The first-order valence-electron chi connectivity index (χ1n) is 11.4. The molecule has 1 aliphatic heterocycles. The zero-order valence-corrected chi connectivity index (χ0v) is 20.3. The lowest BCUT2D eigenvalue weighted by Crippen LogP contribution is -2.41. The summed E-state index contributed by atoms with van der Waals surface area (Å²) in [5.41, 5.74) is 1.96. The van der Waals surface area contributed by atoms with Crippen molar-refractivity contribution in [1.29, 1.82) is 0 Å². The van der Waals surface area contributed by atoms with E-state index in [1.165, 1.54) is 4.31 Å². The molecule has 3 aromatic carbocycles. The second-order valence-corrected chi connectivity index (χ2v) is 9.98. The molecule has 0 bridgehead atoms. The first-order valence-corrected chi connectivity index (χ1v) is 12.8. The summed E-state index contributed by atoms with van der Waals surface area (Å²) in [7, 11) is -2.12. The summed E-state index contributed by atoms with van der Waals surface area (Å²) in [6, 6.07) is 22.6. The summed E-state index contributed by atoms with van der Waals surface area (Å²) in [6.07, 6.45) is 0. The maximum Gasteiger partial charge on any atom is 0.246 e. The van der Waals surface area contributed by atoms with E-state index in [1.54, 1.807) is 55.6 Å². The van der Waals surface area contributed by atoms with E-state index in [4.69, 9.17) is 9.47 Å². The molecule has 1 fully saturated rings. The molecule has 1 saturated heterocycles. The van der Waals surface area contributed by atoms with Crippen molar-refractivity contribution in [1.82, 2.24) is 9.62 Å². The number of anilines is 1. The first kappa shape index (κ1) is 24.9. The van der Waals surface area contributed by atoms with Gasteiger partial charge in [0.05, 0.1) is 25.2 Å². The zero-order chi connectivity index (χ0) is 24.7. The Hall–Kier alpha value is -3.24. The van der Waals surface area contributed by atoms with Crippen LogP contribution < -0.4 is 15.4 Å². The molecule has 35 heavy (non-hydrogen) atoms. The van der Waals surface area contributed by atoms with Gasteiger partial charge in [0.2, 0.25) is 15.9 Å². The van der Waals surface area contributed by atoms with Crippen LogP contribution in [0.15, 0.2) is 83.8 Å². The summed E-state index contributed by atoms with van der Waals surface area (Å²) < 4.78 is 38.6. The number of nitrogens with one attached hydrogen (secondary N) is 2. The van der Waals surface area contributed by atoms with E-state index in [-0.39, 0.29) is 17.3 Å². The molecule has 3 aromatic rings. The maximum atomic E-state index is 13.3. The van der Waals surface area contributed by atoms with Gasteiger partial charge >= 0.3 is 0 Å². The normalized spacial score (nSPS) is 15.3. The van der Waals surface area contributed by atoms with Crippen molar-refractivity contribution >= 4 is 21.6 Å². The Labute approximate surface area is 205 Å². The Bertz CT molecular complexity index is 1240. The number of amides is 1. The van der Waals surface area contributed by atoms with Crippen molar-refractivity contribution in [3.05, 3.63) is 90.0 Å². The van der Waals surface area contributed by atoms with Crippen LogP contribution in [0.2, 0.25) is 0 Å². The minimum Gasteiger partial charge on any atom is -0.497 e. The molecular weight excluding hydrogens is 466 g/mol. The number of carbonyl (C=O) groups is 1. The molecule has 184 valence electrons. The highest BCUT2D eigenvalue weighted by atomic mass is 32.2. The van der Waals surface area contributed by atoms with Crippen LogP contribution in [0.25, 0.3) is 0 Å². The van der Waals surface area contributed by atoms with Gasteiger partial charge in [0.1, 0.15) is 11.8 Å².